The molecule has 7 nitrogen and oxygen atoms in total. The van der Waals surface area contributed by atoms with Gasteiger partial charge in [0, 0.05) is 0 Å². The highest BCUT2D eigenvalue weighted by Crippen LogP contribution is 2.05. The van der Waals surface area contributed by atoms with Crippen molar-refractivity contribution in [2.75, 3.05) is 12.0 Å². The number of carboxylic acids is 1. The van der Waals surface area contributed by atoms with Crippen molar-refractivity contribution in [2.45, 2.75) is 32.4 Å². The maximum atomic E-state index is 11.9. The standard InChI is InChI=1S/C11H21N3O4S/c1-6(2)8(10(16)17)14-9(15)7(4-5-19-3)13-11(12)18/h6-8H,4-5H2,1-3H3,(H,14,15)(H,16,17)(H3,12,13,18)/t7?,8-/m0/s1. The molecule has 3 amide bonds. The van der Waals surface area contributed by atoms with Crippen LogP contribution in [-0.4, -0.2) is 47.1 Å². The van der Waals surface area contributed by atoms with Crippen molar-refractivity contribution < 1.29 is 19.5 Å². The zero-order valence-electron chi connectivity index (χ0n) is 11.3. The molecule has 0 aromatic carbocycles. The molecule has 0 saturated carbocycles. The summed E-state index contributed by atoms with van der Waals surface area (Å²) < 4.78 is 0. The Bertz CT molecular complexity index is 336. The van der Waals surface area contributed by atoms with Crippen LogP contribution in [-0.2, 0) is 9.59 Å². The molecule has 8 heteroatoms. The number of carbonyl (C=O) groups excluding carboxylic acids is 2. The summed E-state index contributed by atoms with van der Waals surface area (Å²) in [6, 6.07) is -2.61. The van der Waals surface area contributed by atoms with E-state index in [2.05, 4.69) is 10.6 Å². The topological polar surface area (TPSA) is 122 Å². The maximum Gasteiger partial charge on any atom is 0.326 e. The predicted molar refractivity (Wildman–Crippen MR) is 73.9 cm³/mol. The van der Waals surface area contributed by atoms with E-state index in [0.717, 1.165) is 0 Å². The van der Waals surface area contributed by atoms with E-state index in [1.807, 2.05) is 6.26 Å². The molecule has 0 radical (unpaired) electrons. The summed E-state index contributed by atoms with van der Waals surface area (Å²) in [5.74, 6) is -1.24. The minimum atomic E-state index is -1.11. The van der Waals surface area contributed by atoms with Crippen LogP contribution < -0.4 is 16.4 Å². The summed E-state index contributed by atoms with van der Waals surface area (Å²) in [6.07, 6.45) is 2.26. The number of nitrogens with one attached hydrogen (secondary N) is 2. The SMILES string of the molecule is CSCCC(NC(N)=O)C(=O)N[C@H](C(=O)O)C(C)C. The Balaban J connectivity index is 4.68. The van der Waals surface area contributed by atoms with Crippen molar-refractivity contribution in [2.24, 2.45) is 11.7 Å². The highest BCUT2D eigenvalue weighted by molar-refractivity contribution is 7.98. The van der Waals surface area contributed by atoms with E-state index in [-0.39, 0.29) is 5.92 Å². The lowest BCUT2D eigenvalue weighted by Crippen LogP contribution is -2.54. The van der Waals surface area contributed by atoms with Crippen LogP contribution in [0.3, 0.4) is 0 Å². The van der Waals surface area contributed by atoms with Crippen LogP contribution in [0.1, 0.15) is 20.3 Å². The fraction of sp³-hybridized carbons (Fsp3) is 0.727. The van der Waals surface area contributed by atoms with Crippen LogP contribution in [0, 0.1) is 5.92 Å². The van der Waals surface area contributed by atoms with E-state index >= 15 is 0 Å². The number of hydrogen-bond donors (Lipinski definition) is 4. The van der Waals surface area contributed by atoms with E-state index in [4.69, 9.17) is 10.8 Å². The van der Waals surface area contributed by atoms with Gasteiger partial charge in [-0.15, -0.1) is 0 Å². The second-order valence-electron chi connectivity index (χ2n) is 4.41. The molecule has 0 rings (SSSR count). The van der Waals surface area contributed by atoms with Crippen molar-refractivity contribution in [1.82, 2.24) is 10.6 Å². The fourth-order valence-electron chi connectivity index (χ4n) is 1.44. The smallest absolute Gasteiger partial charge is 0.326 e. The Morgan fingerprint density at radius 3 is 2.21 bits per heavy atom. The quantitative estimate of drug-likeness (QED) is 0.501. The first-order valence-electron chi connectivity index (χ1n) is 5.87. The molecule has 0 aromatic heterocycles. The number of rotatable bonds is 8. The van der Waals surface area contributed by atoms with Gasteiger partial charge in [-0.25, -0.2) is 9.59 Å². The van der Waals surface area contributed by atoms with Gasteiger partial charge in [0.1, 0.15) is 12.1 Å². The zero-order chi connectivity index (χ0) is 15.0. The molecule has 0 bridgehead atoms. The Kier molecular flexibility index (Phi) is 7.97. The summed E-state index contributed by atoms with van der Waals surface area (Å²) in [5, 5.41) is 13.7. The third-order valence-corrected chi connectivity index (χ3v) is 3.12. The Hall–Kier alpha value is -1.44. The average Bonchev–Trinajstić information content (AvgIpc) is 2.29. The van der Waals surface area contributed by atoms with Crippen LogP contribution in [0.2, 0.25) is 0 Å². The molecule has 0 aliphatic carbocycles. The summed E-state index contributed by atoms with van der Waals surface area (Å²) in [5.41, 5.74) is 5.00. The molecule has 5 N–H and O–H groups in total. The number of urea groups is 1. The monoisotopic (exact) mass is 291 g/mol. The molecule has 19 heavy (non-hydrogen) atoms. The van der Waals surface area contributed by atoms with Crippen molar-refractivity contribution in [1.29, 1.82) is 0 Å². The zero-order valence-corrected chi connectivity index (χ0v) is 12.1. The van der Waals surface area contributed by atoms with Gasteiger partial charge in [-0.2, -0.15) is 11.8 Å². The lowest BCUT2D eigenvalue weighted by molar-refractivity contribution is -0.143. The maximum absolute atomic E-state index is 11.9. The van der Waals surface area contributed by atoms with Crippen LogP contribution in [0.15, 0.2) is 0 Å². The van der Waals surface area contributed by atoms with Gasteiger partial charge in [0.2, 0.25) is 5.91 Å². The molecule has 0 saturated heterocycles. The first-order chi connectivity index (χ1) is 8.79. The van der Waals surface area contributed by atoms with Crippen LogP contribution >= 0.6 is 11.8 Å². The molecule has 0 fully saturated rings. The summed E-state index contributed by atoms with van der Waals surface area (Å²) in [4.78, 5) is 33.8. The van der Waals surface area contributed by atoms with E-state index in [0.29, 0.717) is 12.2 Å². The Labute approximate surface area is 116 Å². The summed E-state index contributed by atoms with van der Waals surface area (Å²) >= 11 is 1.52. The normalized spacial score (nSPS) is 13.7. The number of amides is 3. The van der Waals surface area contributed by atoms with Gasteiger partial charge < -0.3 is 21.5 Å². The third-order valence-electron chi connectivity index (χ3n) is 2.47. The van der Waals surface area contributed by atoms with Gasteiger partial charge in [-0.1, -0.05) is 13.8 Å². The molecular weight excluding hydrogens is 270 g/mol. The lowest BCUT2D eigenvalue weighted by atomic mass is 10.0. The number of hydrogen-bond acceptors (Lipinski definition) is 4. The highest BCUT2D eigenvalue weighted by Gasteiger charge is 2.27. The number of thioether (sulfide) groups is 1. The number of carbonyl (C=O) groups is 3. The molecule has 110 valence electrons. The lowest BCUT2D eigenvalue weighted by Gasteiger charge is -2.22. The van der Waals surface area contributed by atoms with Gasteiger partial charge in [0.15, 0.2) is 0 Å². The molecular formula is C11H21N3O4S. The largest absolute Gasteiger partial charge is 0.480 e. The number of carboxylic acid groups (broad SMARTS) is 1. The molecule has 2 atom stereocenters. The third kappa shape index (κ3) is 6.90. The number of nitrogens with two attached hydrogens (primary N) is 1. The van der Waals surface area contributed by atoms with Crippen molar-refractivity contribution >= 4 is 29.7 Å². The van der Waals surface area contributed by atoms with Gasteiger partial charge >= 0.3 is 12.0 Å². The molecule has 0 aliphatic heterocycles. The first kappa shape index (κ1) is 17.6. The van der Waals surface area contributed by atoms with Crippen LogP contribution in [0.25, 0.3) is 0 Å². The van der Waals surface area contributed by atoms with Gasteiger partial charge in [-0.05, 0) is 24.3 Å². The minimum Gasteiger partial charge on any atom is -0.480 e. The average molecular weight is 291 g/mol. The van der Waals surface area contributed by atoms with Crippen LogP contribution in [0.5, 0.6) is 0 Å². The molecule has 0 aromatic rings. The van der Waals surface area contributed by atoms with Crippen molar-refractivity contribution in [3.63, 3.8) is 0 Å². The van der Waals surface area contributed by atoms with Crippen molar-refractivity contribution in [3.8, 4) is 0 Å². The molecule has 1 unspecified atom stereocenters. The second-order valence-corrected chi connectivity index (χ2v) is 5.40. The number of primary amides is 1. The van der Waals surface area contributed by atoms with E-state index < -0.39 is 30.0 Å². The summed E-state index contributed by atoms with van der Waals surface area (Å²) in [7, 11) is 0. The Morgan fingerprint density at radius 2 is 1.84 bits per heavy atom. The van der Waals surface area contributed by atoms with Gasteiger partial charge in [0.05, 0.1) is 0 Å². The highest BCUT2D eigenvalue weighted by atomic mass is 32.2. The summed E-state index contributed by atoms with van der Waals surface area (Å²) in [6.45, 7) is 3.38. The van der Waals surface area contributed by atoms with E-state index in [9.17, 15) is 14.4 Å². The Morgan fingerprint density at radius 1 is 1.26 bits per heavy atom. The first-order valence-corrected chi connectivity index (χ1v) is 7.27. The molecule has 0 heterocycles. The minimum absolute atomic E-state index is 0.253. The number of aliphatic carboxylic acids is 1. The second kappa shape index (κ2) is 8.63. The predicted octanol–water partition coefficient (Wildman–Crippen LogP) is 0.00180. The molecule has 0 aliphatic rings. The van der Waals surface area contributed by atoms with Crippen LogP contribution in [0.4, 0.5) is 4.79 Å². The molecule has 0 spiro atoms. The van der Waals surface area contributed by atoms with Crippen molar-refractivity contribution in [3.05, 3.63) is 0 Å². The van der Waals surface area contributed by atoms with E-state index in [1.165, 1.54) is 11.8 Å². The fourth-order valence-corrected chi connectivity index (χ4v) is 1.92. The van der Waals surface area contributed by atoms with E-state index in [1.54, 1.807) is 13.8 Å². The van der Waals surface area contributed by atoms with Gasteiger partial charge in [0.25, 0.3) is 0 Å². The van der Waals surface area contributed by atoms with Gasteiger partial charge in [-0.3, -0.25) is 4.79 Å².